The summed E-state index contributed by atoms with van der Waals surface area (Å²) in [5.41, 5.74) is 0.230. The van der Waals surface area contributed by atoms with Gasteiger partial charge in [0.25, 0.3) is 5.91 Å². The molecule has 1 aliphatic carbocycles. The van der Waals surface area contributed by atoms with Crippen LogP contribution in [0.2, 0.25) is 0 Å². The normalized spacial score (nSPS) is 20.7. The Morgan fingerprint density at radius 3 is 2.52 bits per heavy atom. The lowest BCUT2D eigenvalue weighted by Gasteiger charge is -2.30. The number of hydrogen-bond acceptors (Lipinski definition) is 5. The molecule has 146 valence electrons. The molecule has 1 saturated carbocycles. The summed E-state index contributed by atoms with van der Waals surface area (Å²) in [7, 11) is 0.280. The minimum Gasteiger partial charge on any atom is -0.348 e. The highest BCUT2D eigenvalue weighted by atomic mass is 32.2. The molecule has 7 nitrogen and oxygen atoms in total. The van der Waals surface area contributed by atoms with Crippen LogP contribution in [0.3, 0.4) is 0 Å². The Hall–Kier alpha value is -2.03. The Morgan fingerprint density at radius 1 is 1.19 bits per heavy atom. The summed E-state index contributed by atoms with van der Waals surface area (Å²) in [5, 5.41) is 9.26. The molecule has 8 heteroatoms. The fourth-order valence-corrected chi connectivity index (χ4v) is 4.62. The Kier molecular flexibility index (Phi) is 5.78. The van der Waals surface area contributed by atoms with Crippen molar-refractivity contribution in [3.8, 4) is 0 Å². The number of nitrogens with one attached hydrogen (secondary N) is 1. The number of carbonyl (C=O) groups excluding carboxylic acids is 1. The first-order chi connectivity index (χ1) is 12.8. The van der Waals surface area contributed by atoms with E-state index in [1.165, 1.54) is 12.3 Å². The highest BCUT2D eigenvalue weighted by Crippen LogP contribution is 2.26. The number of primary sulfonamides is 1. The summed E-state index contributed by atoms with van der Waals surface area (Å²) in [6.45, 7) is 1.07. The Balaban J connectivity index is 1.77. The van der Waals surface area contributed by atoms with E-state index in [4.69, 9.17) is 5.14 Å². The van der Waals surface area contributed by atoms with Crippen molar-refractivity contribution in [3.63, 3.8) is 0 Å². The van der Waals surface area contributed by atoms with E-state index in [9.17, 15) is 13.2 Å². The molecule has 0 radical (unpaired) electrons. The average molecular weight is 391 g/mol. The van der Waals surface area contributed by atoms with Crippen LogP contribution in [0.25, 0.3) is 10.8 Å². The van der Waals surface area contributed by atoms with Gasteiger partial charge >= 0.3 is 0 Å². The summed E-state index contributed by atoms with van der Waals surface area (Å²) in [6.07, 6.45) is 5.50. The van der Waals surface area contributed by atoms with Gasteiger partial charge in [0, 0.05) is 29.6 Å². The standard InChI is InChI=1S/C19H26N4O3S/c1-23(2)12-13-6-8-14(9-7-13)22-19(24)18-16-4-3-5-17(27(20,25)26)15(16)10-11-21-18/h3-5,10-11,13-14H,6-9,12H2,1-2H3,(H,22,24)(H2,20,25,26). The zero-order chi connectivity index (χ0) is 19.6. The quantitative estimate of drug-likeness (QED) is 0.809. The molecule has 1 heterocycles. The number of fused-ring (bicyclic) bond motifs is 1. The van der Waals surface area contributed by atoms with Crippen LogP contribution in [-0.4, -0.2) is 50.9 Å². The molecular weight excluding hydrogens is 364 g/mol. The highest BCUT2D eigenvalue weighted by Gasteiger charge is 2.24. The summed E-state index contributed by atoms with van der Waals surface area (Å²) in [5.74, 6) is 0.393. The van der Waals surface area contributed by atoms with Crippen molar-refractivity contribution in [3.05, 3.63) is 36.2 Å². The number of nitrogens with zero attached hydrogens (tertiary/aromatic N) is 2. The predicted molar refractivity (Wildman–Crippen MR) is 105 cm³/mol. The first-order valence-electron chi connectivity index (χ1n) is 9.12. The second-order valence-electron chi connectivity index (χ2n) is 7.51. The van der Waals surface area contributed by atoms with E-state index in [1.807, 2.05) is 0 Å². The topological polar surface area (TPSA) is 105 Å². The monoisotopic (exact) mass is 390 g/mol. The maximum atomic E-state index is 12.8. The van der Waals surface area contributed by atoms with Gasteiger partial charge in [-0.2, -0.15) is 0 Å². The van der Waals surface area contributed by atoms with Gasteiger partial charge in [0.05, 0.1) is 4.90 Å². The molecule has 3 rings (SSSR count). The number of pyridine rings is 1. The lowest BCUT2D eigenvalue weighted by molar-refractivity contribution is 0.0916. The molecule has 0 aliphatic heterocycles. The zero-order valence-corrected chi connectivity index (χ0v) is 16.5. The molecule has 2 aromatic rings. The Morgan fingerprint density at radius 2 is 1.89 bits per heavy atom. The first kappa shape index (κ1) is 19.7. The minimum atomic E-state index is -3.88. The zero-order valence-electron chi connectivity index (χ0n) is 15.7. The van der Waals surface area contributed by atoms with E-state index < -0.39 is 10.0 Å². The molecule has 1 aromatic carbocycles. The van der Waals surface area contributed by atoms with Crippen LogP contribution in [0.15, 0.2) is 35.4 Å². The third-order valence-electron chi connectivity index (χ3n) is 5.09. The Labute approximate surface area is 160 Å². The molecule has 0 saturated heterocycles. The van der Waals surface area contributed by atoms with Gasteiger partial charge in [-0.15, -0.1) is 0 Å². The molecule has 0 bridgehead atoms. The number of hydrogen-bond donors (Lipinski definition) is 2. The average Bonchev–Trinajstić information content (AvgIpc) is 2.61. The number of benzene rings is 1. The minimum absolute atomic E-state index is 0.000596. The van der Waals surface area contributed by atoms with Gasteiger partial charge in [-0.3, -0.25) is 9.78 Å². The van der Waals surface area contributed by atoms with E-state index in [-0.39, 0.29) is 22.5 Å². The molecule has 3 N–H and O–H groups in total. The van der Waals surface area contributed by atoms with Gasteiger partial charge in [0.1, 0.15) is 5.69 Å². The molecule has 1 aliphatic rings. The summed E-state index contributed by atoms with van der Waals surface area (Å²) < 4.78 is 23.6. The number of nitrogens with two attached hydrogens (primary N) is 1. The summed E-state index contributed by atoms with van der Waals surface area (Å²) >= 11 is 0. The lowest BCUT2D eigenvalue weighted by Crippen LogP contribution is -2.39. The van der Waals surface area contributed by atoms with Crippen molar-refractivity contribution in [2.45, 2.75) is 36.6 Å². The van der Waals surface area contributed by atoms with E-state index in [0.717, 1.165) is 32.2 Å². The second kappa shape index (κ2) is 7.92. The second-order valence-corrected chi connectivity index (χ2v) is 9.04. The van der Waals surface area contributed by atoms with E-state index in [1.54, 1.807) is 18.2 Å². The molecule has 1 aromatic heterocycles. The molecular formula is C19H26N4O3S. The number of sulfonamides is 1. The number of rotatable bonds is 5. The molecule has 0 spiro atoms. The highest BCUT2D eigenvalue weighted by molar-refractivity contribution is 7.89. The van der Waals surface area contributed by atoms with Gasteiger partial charge in [0.15, 0.2) is 0 Å². The van der Waals surface area contributed by atoms with Crippen LogP contribution in [0.1, 0.15) is 36.2 Å². The van der Waals surface area contributed by atoms with Crippen LogP contribution >= 0.6 is 0 Å². The maximum absolute atomic E-state index is 12.8. The van der Waals surface area contributed by atoms with Gasteiger partial charge in [-0.05, 0) is 57.8 Å². The van der Waals surface area contributed by atoms with E-state index in [2.05, 4.69) is 29.3 Å². The third-order valence-corrected chi connectivity index (χ3v) is 6.06. The molecule has 1 fully saturated rings. The molecule has 1 amide bonds. The summed E-state index contributed by atoms with van der Waals surface area (Å²) in [6, 6.07) is 6.39. The maximum Gasteiger partial charge on any atom is 0.270 e. The van der Waals surface area contributed by atoms with Crippen LogP contribution in [0.5, 0.6) is 0 Å². The third kappa shape index (κ3) is 4.63. The molecule has 27 heavy (non-hydrogen) atoms. The van der Waals surface area contributed by atoms with Crippen LogP contribution in [-0.2, 0) is 10.0 Å². The van der Waals surface area contributed by atoms with Crippen molar-refractivity contribution in [2.75, 3.05) is 20.6 Å². The number of aromatic nitrogens is 1. The van der Waals surface area contributed by atoms with Gasteiger partial charge in [-0.25, -0.2) is 13.6 Å². The first-order valence-corrected chi connectivity index (χ1v) is 10.7. The molecule has 0 unspecified atom stereocenters. The SMILES string of the molecule is CN(C)CC1CCC(NC(=O)c2nccc3c(S(N)(=O)=O)cccc23)CC1. The van der Waals surface area contributed by atoms with E-state index >= 15 is 0 Å². The predicted octanol–water partition coefficient (Wildman–Crippen LogP) is 1.73. The van der Waals surface area contributed by atoms with Gasteiger partial charge in [-0.1, -0.05) is 12.1 Å². The van der Waals surface area contributed by atoms with Crippen molar-refractivity contribution in [2.24, 2.45) is 11.1 Å². The summed E-state index contributed by atoms with van der Waals surface area (Å²) in [4.78, 5) is 19.2. The van der Waals surface area contributed by atoms with Crippen molar-refractivity contribution < 1.29 is 13.2 Å². The van der Waals surface area contributed by atoms with Gasteiger partial charge < -0.3 is 10.2 Å². The van der Waals surface area contributed by atoms with Gasteiger partial charge in [0.2, 0.25) is 10.0 Å². The smallest absolute Gasteiger partial charge is 0.270 e. The fraction of sp³-hybridized carbons (Fsp3) is 0.474. The lowest BCUT2D eigenvalue weighted by atomic mass is 9.85. The van der Waals surface area contributed by atoms with Crippen LogP contribution in [0, 0.1) is 5.92 Å². The molecule has 0 atom stereocenters. The number of amides is 1. The number of carbonyl (C=O) groups is 1. The van der Waals surface area contributed by atoms with Crippen LogP contribution < -0.4 is 10.5 Å². The van der Waals surface area contributed by atoms with Crippen molar-refractivity contribution >= 4 is 26.7 Å². The Bertz CT molecular complexity index is 935. The fourth-order valence-electron chi connectivity index (χ4n) is 3.87. The van der Waals surface area contributed by atoms with E-state index in [0.29, 0.717) is 16.7 Å². The van der Waals surface area contributed by atoms with Crippen molar-refractivity contribution in [1.82, 2.24) is 15.2 Å². The van der Waals surface area contributed by atoms with Crippen molar-refractivity contribution in [1.29, 1.82) is 0 Å². The largest absolute Gasteiger partial charge is 0.348 e. The van der Waals surface area contributed by atoms with Crippen LogP contribution in [0.4, 0.5) is 0 Å².